The predicted molar refractivity (Wildman–Crippen MR) is 237 cm³/mol. The highest BCUT2D eigenvalue weighted by molar-refractivity contribution is 6.10. The van der Waals surface area contributed by atoms with Crippen molar-refractivity contribution in [1.82, 2.24) is 9.55 Å². The van der Waals surface area contributed by atoms with E-state index in [9.17, 15) is 0 Å². The summed E-state index contributed by atoms with van der Waals surface area (Å²) in [5.41, 5.74) is 15.0. The molecule has 0 saturated heterocycles. The number of aromatic nitrogens is 2. The van der Waals surface area contributed by atoms with Crippen LogP contribution in [0.4, 0.5) is 17.1 Å². The van der Waals surface area contributed by atoms with Crippen molar-refractivity contribution in [2.75, 3.05) is 4.90 Å². The largest absolute Gasteiger partial charge is 0.454 e. The molecule has 3 heterocycles. The van der Waals surface area contributed by atoms with Crippen LogP contribution < -0.4 is 4.90 Å². The molecule has 57 heavy (non-hydrogen) atoms. The zero-order valence-corrected chi connectivity index (χ0v) is 31.0. The molecular weight excluding hydrogens is 695 g/mol. The summed E-state index contributed by atoms with van der Waals surface area (Å²) in [7, 11) is 0. The molecule has 0 aliphatic heterocycles. The highest BCUT2D eigenvalue weighted by Crippen LogP contribution is 2.40. The fourth-order valence-corrected chi connectivity index (χ4v) is 8.31. The number of furan rings is 1. The average Bonchev–Trinajstić information content (AvgIpc) is 3.84. The predicted octanol–water partition coefficient (Wildman–Crippen LogP) is 14.5. The van der Waals surface area contributed by atoms with Crippen molar-refractivity contribution in [2.45, 2.75) is 0 Å². The Morgan fingerprint density at radius 2 is 0.825 bits per heavy atom. The second kappa shape index (κ2) is 13.6. The SMILES string of the molecule is c1ccc(-c2ccc(N(c3ccc(-c4ccc(-n5c6ccccc6c6ccccc65)cc4)cc3)c3ccc(-c4nccc5c4oc4ccccc45)cc3)cc2)cc1. The highest BCUT2D eigenvalue weighted by Gasteiger charge is 2.17. The lowest BCUT2D eigenvalue weighted by molar-refractivity contribution is 0.668. The molecule has 0 saturated carbocycles. The van der Waals surface area contributed by atoms with E-state index < -0.39 is 0 Å². The molecule has 0 unspecified atom stereocenters. The number of hydrogen-bond acceptors (Lipinski definition) is 3. The molecule has 4 heteroatoms. The lowest BCUT2D eigenvalue weighted by Crippen LogP contribution is -2.09. The minimum absolute atomic E-state index is 0.804. The molecule has 0 bridgehead atoms. The molecule has 0 amide bonds. The fraction of sp³-hybridized carbons (Fsp3) is 0. The molecule has 0 aliphatic carbocycles. The molecule has 8 aromatic carbocycles. The Balaban J connectivity index is 0.947. The average molecular weight is 730 g/mol. The molecule has 0 spiro atoms. The van der Waals surface area contributed by atoms with Crippen LogP contribution in [-0.4, -0.2) is 9.55 Å². The number of nitrogens with zero attached hydrogens (tertiary/aromatic N) is 3. The summed E-state index contributed by atoms with van der Waals surface area (Å²) in [6, 6.07) is 73.2. The van der Waals surface area contributed by atoms with E-state index in [0.717, 1.165) is 61.5 Å². The van der Waals surface area contributed by atoms with Crippen molar-refractivity contribution in [2.24, 2.45) is 0 Å². The maximum Gasteiger partial charge on any atom is 0.161 e. The summed E-state index contributed by atoms with van der Waals surface area (Å²) in [5.74, 6) is 0. The van der Waals surface area contributed by atoms with Crippen LogP contribution in [-0.2, 0) is 0 Å². The first-order valence-electron chi connectivity index (χ1n) is 19.3. The van der Waals surface area contributed by atoms with Crippen LogP contribution in [0.3, 0.4) is 0 Å². The maximum atomic E-state index is 6.33. The number of rotatable bonds is 7. The van der Waals surface area contributed by atoms with Crippen molar-refractivity contribution in [3.63, 3.8) is 0 Å². The van der Waals surface area contributed by atoms with Gasteiger partial charge in [-0.15, -0.1) is 0 Å². The summed E-state index contributed by atoms with van der Waals surface area (Å²) >= 11 is 0. The highest BCUT2D eigenvalue weighted by atomic mass is 16.3. The Hall–Kier alpha value is -7.69. The Kier molecular flexibility index (Phi) is 7.78. The fourth-order valence-electron chi connectivity index (χ4n) is 8.31. The van der Waals surface area contributed by atoms with Crippen LogP contribution in [0.2, 0.25) is 0 Å². The van der Waals surface area contributed by atoms with Crippen molar-refractivity contribution in [3.05, 3.63) is 212 Å². The van der Waals surface area contributed by atoms with E-state index >= 15 is 0 Å². The van der Waals surface area contributed by atoms with Gasteiger partial charge in [0.25, 0.3) is 0 Å². The maximum absolute atomic E-state index is 6.33. The summed E-state index contributed by atoms with van der Waals surface area (Å²) in [6.07, 6.45) is 1.87. The lowest BCUT2D eigenvalue weighted by atomic mass is 10.0. The summed E-state index contributed by atoms with van der Waals surface area (Å²) in [6.45, 7) is 0. The van der Waals surface area contributed by atoms with E-state index in [1.54, 1.807) is 0 Å². The lowest BCUT2D eigenvalue weighted by Gasteiger charge is -2.26. The Morgan fingerprint density at radius 1 is 0.368 bits per heavy atom. The van der Waals surface area contributed by atoms with Gasteiger partial charge in [-0.25, -0.2) is 0 Å². The van der Waals surface area contributed by atoms with Crippen LogP contribution in [0.15, 0.2) is 217 Å². The molecule has 11 rings (SSSR count). The Morgan fingerprint density at radius 3 is 1.40 bits per heavy atom. The molecular formula is C53H35N3O. The number of fused-ring (bicyclic) bond motifs is 6. The van der Waals surface area contributed by atoms with Crippen LogP contribution >= 0.6 is 0 Å². The minimum atomic E-state index is 0.804. The molecule has 4 nitrogen and oxygen atoms in total. The first-order chi connectivity index (χ1) is 28.3. The number of para-hydroxylation sites is 3. The van der Waals surface area contributed by atoms with Gasteiger partial charge in [-0.3, -0.25) is 4.98 Å². The van der Waals surface area contributed by atoms with Gasteiger partial charge in [-0.2, -0.15) is 0 Å². The van der Waals surface area contributed by atoms with Crippen LogP contribution in [0.5, 0.6) is 0 Å². The number of pyridine rings is 1. The second-order valence-electron chi connectivity index (χ2n) is 14.4. The Labute approximate surface area is 330 Å². The van der Waals surface area contributed by atoms with Gasteiger partial charge < -0.3 is 13.9 Å². The molecule has 0 radical (unpaired) electrons. The van der Waals surface area contributed by atoms with E-state index in [1.807, 2.05) is 30.5 Å². The standard InChI is InChI=1S/C53H35N3O/c1-2-10-36(11-3-1)37-18-26-41(27-19-37)55(43-32-24-40(25-33-43)52-53-48(34-35-54-52)47-14-6-9-17-51(47)57-53)42-28-20-38(21-29-42)39-22-30-44(31-23-39)56-49-15-7-4-12-45(49)46-13-5-8-16-50(46)56/h1-35H. The van der Waals surface area contributed by atoms with E-state index in [0.29, 0.717) is 0 Å². The first kappa shape index (κ1) is 32.7. The number of anilines is 3. The van der Waals surface area contributed by atoms with Gasteiger partial charge in [0.05, 0.1) is 11.0 Å². The minimum Gasteiger partial charge on any atom is -0.454 e. The molecule has 11 aromatic rings. The summed E-state index contributed by atoms with van der Waals surface area (Å²) < 4.78 is 8.69. The van der Waals surface area contributed by atoms with Crippen molar-refractivity contribution >= 4 is 60.8 Å². The third-order valence-electron chi connectivity index (χ3n) is 11.1. The van der Waals surface area contributed by atoms with E-state index in [-0.39, 0.29) is 0 Å². The zero-order chi connectivity index (χ0) is 37.7. The normalized spacial score (nSPS) is 11.5. The van der Waals surface area contributed by atoms with Gasteiger partial charge in [0, 0.05) is 56.1 Å². The monoisotopic (exact) mass is 729 g/mol. The molecule has 0 fully saturated rings. The van der Waals surface area contributed by atoms with Crippen LogP contribution in [0.25, 0.3) is 82.9 Å². The molecule has 3 aromatic heterocycles. The zero-order valence-electron chi connectivity index (χ0n) is 31.0. The van der Waals surface area contributed by atoms with E-state index in [1.165, 1.54) is 38.5 Å². The van der Waals surface area contributed by atoms with Crippen LogP contribution in [0, 0.1) is 0 Å². The van der Waals surface area contributed by atoms with E-state index in [2.05, 4.69) is 191 Å². The molecule has 0 aliphatic rings. The molecule has 268 valence electrons. The van der Waals surface area contributed by atoms with Gasteiger partial charge in [-0.1, -0.05) is 133 Å². The van der Waals surface area contributed by atoms with Gasteiger partial charge in [-0.05, 0) is 95.1 Å². The number of benzene rings is 8. The van der Waals surface area contributed by atoms with Crippen molar-refractivity contribution in [3.8, 4) is 39.2 Å². The third kappa shape index (κ3) is 5.66. The summed E-state index contributed by atoms with van der Waals surface area (Å²) in [4.78, 5) is 7.09. The third-order valence-corrected chi connectivity index (χ3v) is 11.1. The summed E-state index contributed by atoms with van der Waals surface area (Å²) in [5, 5.41) is 4.70. The van der Waals surface area contributed by atoms with Gasteiger partial charge in [0.2, 0.25) is 0 Å². The van der Waals surface area contributed by atoms with Crippen LogP contribution in [0.1, 0.15) is 0 Å². The van der Waals surface area contributed by atoms with E-state index in [4.69, 9.17) is 9.40 Å². The van der Waals surface area contributed by atoms with Gasteiger partial charge in [0.1, 0.15) is 11.3 Å². The topological polar surface area (TPSA) is 34.2 Å². The van der Waals surface area contributed by atoms with Crippen molar-refractivity contribution < 1.29 is 4.42 Å². The number of hydrogen-bond donors (Lipinski definition) is 0. The van der Waals surface area contributed by atoms with Gasteiger partial charge in [0.15, 0.2) is 5.58 Å². The quantitative estimate of drug-likeness (QED) is 0.164. The van der Waals surface area contributed by atoms with Crippen molar-refractivity contribution in [1.29, 1.82) is 0 Å². The molecule has 0 N–H and O–H groups in total. The first-order valence-corrected chi connectivity index (χ1v) is 19.3. The molecule has 0 atom stereocenters. The Bertz CT molecular complexity index is 3140. The van der Waals surface area contributed by atoms with Gasteiger partial charge >= 0.3 is 0 Å². The smallest absolute Gasteiger partial charge is 0.161 e. The second-order valence-corrected chi connectivity index (χ2v) is 14.4.